The number of halogens is 2. The number of benzene rings is 2. The van der Waals surface area contributed by atoms with Crippen LogP contribution in [0.3, 0.4) is 0 Å². The summed E-state index contributed by atoms with van der Waals surface area (Å²) in [4.78, 5) is 0. The van der Waals surface area contributed by atoms with Gasteiger partial charge in [0.15, 0.2) is 23.1 Å². The first-order chi connectivity index (χ1) is 13.7. The van der Waals surface area contributed by atoms with Crippen LogP contribution in [0.25, 0.3) is 11.1 Å². The number of hydrogen-bond donors (Lipinski definition) is 0. The topological polar surface area (TPSA) is 27.7 Å². The van der Waals surface area contributed by atoms with E-state index in [4.69, 9.17) is 14.2 Å². The van der Waals surface area contributed by atoms with Crippen LogP contribution < -0.4 is 14.2 Å². The molecule has 150 valence electrons. The van der Waals surface area contributed by atoms with Crippen molar-refractivity contribution in [2.75, 3.05) is 13.2 Å². The van der Waals surface area contributed by atoms with Crippen LogP contribution in [0.15, 0.2) is 24.3 Å². The highest BCUT2D eigenvalue weighted by Gasteiger charge is 2.27. The molecule has 0 amide bonds. The first-order valence-corrected chi connectivity index (χ1v) is 10.2. The zero-order valence-electron chi connectivity index (χ0n) is 16.2. The van der Waals surface area contributed by atoms with Crippen LogP contribution in [0.2, 0.25) is 0 Å². The van der Waals surface area contributed by atoms with E-state index in [-0.39, 0.29) is 23.9 Å². The first kappa shape index (κ1) is 19.0. The van der Waals surface area contributed by atoms with Crippen molar-refractivity contribution in [2.45, 2.75) is 52.1 Å². The maximum absolute atomic E-state index is 15.0. The Hall–Kier alpha value is -2.30. The minimum atomic E-state index is -0.527. The lowest BCUT2D eigenvalue weighted by atomic mass is 9.96. The molecule has 1 fully saturated rings. The highest BCUT2D eigenvalue weighted by molar-refractivity contribution is 5.77. The molecule has 0 saturated heterocycles. The fourth-order valence-electron chi connectivity index (χ4n) is 3.96. The standard InChI is InChI=1S/C23H26F2O3/c1-2-3-12-26-20-11-9-17-16-8-10-19(27-13-15-6-4-5-7-15)21(24)18(16)14-28-23(17)22(20)25/h8-11,15H,2-7,12-14H2,1H3. The number of ether oxygens (including phenoxy) is 3. The molecule has 1 aliphatic carbocycles. The van der Waals surface area contributed by atoms with Gasteiger partial charge in [0, 0.05) is 11.1 Å². The Morgan fingerprint density at radius 1 is 0.964 bits per heavy atom. The maximum Gasteiger partial charge on any atom is 0.207 e. The smallest absolute Gasteiger partial charge is 0.207 e. The summed E-state index contributed by atoms with van der Waals surface area (Å²) in [6.45, 7) is 3.02. The summed E-state index contributed by atoms with van der Waals surface area (Å²) >= 11 is 0. The highest BCUT2D eigenvalue weighted by Crippen LogP contribution is 2.44. The lowest BCUT2D eigenvalue weighted by molar-refractivity contribution is 0.235. The molecule has 2 aromatic carbocycles. The summed E-state index contributed by atoms with van der Waals surface area (Å²) in [5.74, 6) is 0.115. The van der Waals surface area contributed by atoms with Gasteiger partial charge in [0.05, 0.1) is 13.2 Å². The third-order valence-corrected chi connectivity index (χ3v) is 5.63. The van der Waals surface area contributed by atoms with Crippen LogP contribution in [-0.2, 0) is 6.61 Å². The predicted octanol–water partition coefficient (Wildman–Crippen LogP) is 6.27. The monoisotopic (exact) mass is 388 g/mol. The second-order valence-corrected chi connectivity index (χ2v) is 7.61. The van der Waals surface area contributed by atoms with Gasteiger partial charge in [0.2, 0.25) is 5.82 Å². The molecule has 0 spiro atoms. The van der Waals surface area contributed by atoms with Crippen molar-refractivity contribution < 1.29 is 23.0 Å². The fourth-order valence-corrected chi connectivity index (χ4v) is 3.96. The van der Waals surface area contributed by atoms with E-state index < -0.39 is 11.6 Å². The van der Waals surface area contributed by atoms with Gasteiger partial charge in [-0.25, -0.2) is 4.39 Å². The number of fused-ring (bicyclic) bond motifs is 3. The van der Waals surface area contributed by atoms with Gasteiger partial charge in [-0.3, -0.25) is 0 Å². The maximum atomic E-state index is 15.0. The summed E-state index contributed by atoms with van der Waals surface area (Å²) in [7, 11) is 0. The molecule has 3 nitrogen and oxygen atoms in total. The van der Waals surface area contributed by atoms with E-state index in [1.165, 1.54) is 12.8 Å². The molecular weight excluding hydrogens is 362 g/mol. The third kappa shape index (κ3) is 3.67. The van der Waals surface area contributed by atoms with Gasteiger partial charge in [-0.15, -0.1) is 0 Å². The van der Waals surface area contributed by atoms with Crippen molar-refractivity contribution in [2.24, 2.45) is 5.92 Å². The Morgan fingerprint density at radius 3 is 2.43 bits per heavy atom. The molecule has 1 heterocycles. The zero-order chi connectivity index (χ0) is 19.5. The molecule has 5 heteroatoms. The third-order valence-electron chi connectivity index (χ3n) is 5.63. The van der Waals surface area contributed by atoms with Crippen LogP contribution in [0.5, 0.6) is 17.2 Å². The summed E-state index contributed by atoms with van der Waals surface area (Å²) in [6.07, 6.45) is 6.56. The van der Waals surface area contributed by atoms with Gasteiger partial charge in [-0.1, -0.05) is 26.2 Å². The predicted molar refractivity (Wildman–Crippen MR) is 104 cm³/mol. The molecule has 0 unspecified atom stereocenters. The number of hydrogen-bond acceptors (Lipinski definition) is 3. The Labute approximate surface area is 164 Å². The molecule has 4 rings (SSSR count). The van der Waals surface area contributed by atoms with E-state index in [0.717, 1.165) is 25.7 Å². The van der Waals surface area contributed by atoms with Crippen molar-refractivity contribution in [3.63, 3.8) is 0 Å². The number of rotatable bonds is 7. The summed E-state index contributed by atoms with van der Waals surface area (Å²) in [5, 5.41) is 0. The summed E-state index contributed by atoms with van der Waals surface area (Å²) < 4.78 is 46.6. The molecule has 0 aromatic heterocycles. The van der Waals surface area contributed by atoms with E-state index >= 15 is 0 Å². The van der Waals surface area contributed by atoms with Crippen LogP contribution >= 0.6 is 0 Å². The molecule has 0 atom stereocenters. The molecule has 2 aromatic rings. The van der Waals surface area contributed by atoms with Gasteiger partial charge in [-0.05, 0) is 55.0 Å². The molecule has 0 bridgehead atoms. The SMILES string of the molecule is CCCCOc1ccc2c(c1F)OCc1c-2ccc(OCC2CCCC2)c1F. The van der Waals surface area contributed by atoms with E-state index in [2.05, 4.69) is 0 Å². The molecule has 2 aliphatic rings. The van der Waals surface area contributed by atoms with E-state index in [1.54, 1.807) is 24.3 Å². The van der Waals surface area contributed by atoms with Crippen LogP contribution in [-0.4, -0.2) is 13.2 Å². The van der Waals surface area contributed by atoms with Crippen LogP contribution in [0.4, 0.5) is 8.78 Å². The Kier molecular flexibility index (Phi) is 5.69. The van der Waals surface area contributed by atoms with Crippen LogP contribution in [0.1, 0.15) is 51.0 Å². The normalized spacial score (nSPS) is 15.7. The average Bonchev–Trinajstić information content (AvgIpc) is 3.23. The molecule has 0 N–H and O–H groups in total. The molecule has 1 aliphatic heterocycles. The molecule has 0 radical (unpaired) electrons. The van der Waals surface area contributed by atoms with Gasteiger partial charge in [-0.2, -0.15) is 4.39 Å². The van der Waals surface area contributed by atoms with Gasteiger partial charge in [0.1, 0.15) is 6.61 Å². The van der Waals surface area contributed by atoms with Crippen molar-refractivity contribution in [3.05, 3.63) is 41.5 Å². The zero-order valence-corrected chi connectivity index (χ0v) is 16.2. The van der Waals surface area contributed by atoms with Crippen molar-refractivity contribution in [1.29, 1.82) is 0 Å². The summed E-state index contributed by atoms with van der Waals surface area (Å²) in [6, 6.07) is 6.75. The van der Waals surface area contributed by atoms with Crippen molar-refractivity contribution in [1.82, 2.24) is 0 Å². The molecular formula is C23H26F2O3. The lowest BCUT2D eigenvalue weighted by Crippen LogP contribution is -2.13. The second kappa shape index (κ2) is 8.38. The minimum Gasteiger partial charge on any atom is -0.490 e. The summed E-state index contributed by atoms with van der Waals surface area (Å²) in [5.41, 5.74) is 1.60. The van der Waals surface area contributed by atoms with E-state index in [0.29, 0.717) is 35.8 Å². The Bertz CT molecular complexity index is 844. The van der Waals surface area contributed by atoms with E-state index in [9.17, 15) is 8.78 Å². The molecule has 1 saturated carbocycles. The first-order valence-electron chi connectivity index (χ1n) is 10.2. The van der Waals surface area contributed by atoms with Crippen molar-refractivity contribution >= 4 is 0 Å². The Morgan fingerprint density at radius 2 is 1.68 bits per heavy atom. The Balaban J connectivity index is 1.57. The van der Waals surface area contributed by atoms with Gasteiger partial charge >= 0.3 is 0 Å². The molecule has 28 heavy (non-hydrogen) atoms. The minimum absolute atomic E-state index is 0.0237. The highest BCUT2D eigenvalue weighted by atomic mass is 19.1. The van der Waals surface area contributed by atoms with Crippen LogP contribution in [0, 0.1) is 17.6 Å². The second-order valence-electron chi connectivity index (χ2n) is 7.61. The average molecular weight is 388 g/mol. The fraction of sp³-hybridized carbons (Fsp3) is 0.478. The largest absolute Gasteiger partial charge is 0.490 e. The lowest BCUT2D eigenvalue weighted by Gasteiger charge is -2.24. The van der Waals surface area contributed by atoms with E-state index in [1.807, 2.05) is 6.92 Å². The van der Waals surface area contributed by atoms with Gasteiger partial charge in [0.25, 0.3) is 0 Å². The van der Waals surface area contributed by atoms with Crippen molar-refractivity contribution in [3.8, 4) is 28.4 Å². The number of unbranched alkanes of at least 4 members (excludes halogenated alkanes) is 1. The quantitative estimate of drug-likeness (QED) is 0.523. The van der Waals surface area contributed by atoms with Gasteiger partial charge < -0.3 is 14.2 Å².